The summed E-state index contributed by atoms with van der Waals surface area (Å²) in [6.07, 6.45) is 0. The molecule has 0 saturated carbocycles. The molecule has 3 rings (SSSR count). The monoisotopic (exact) mass is 400 g/mol. The molecule has 0 saturated heterocycles. The highest BCUT2D eigenvalue weighted by molar-refractivity contribution is 6.31. The van der Waals surface area contributed by atoms with Gasteiger partial charge in [-0.1, -0.05) is 11.6 Å². The largest absolute Gasteiger partial charge is 0.497 e. The first-order valence-corrected chi connectivity index (χ1v) is 9.53. The fourth-order valence-corrected chi connectivity index (χ4v) is 3.21. The number of nitrogens with one attached hydrogen (secondary N) is 1. The van der Waals surface area contributed by atoms with Gasteiger partial charge in [0, 0.05) is 18.1 Å². The van der Waals surface area contributed by atoms with Crippen molar-refractivity contribution >= 4 is 22.5 Å². The molecular weight excluding hydrogens is 376 g/mol. The number of likely N-dealkylation sites (N-methyl/N-ethyl adjacent to an activating group) is 1. The molecule has 148 valence electrons. The van der Waals surface area contributed by atoms with E-state index in [2.05, 4.69) is 10.2 Å². The van der Waals surface area contributed by atoms with Crippen molar-refractivity contribution in [1.29, 1.82) is 0 Å². The lowest BCUT2D eigenvalue weighted by Crippen LogP contribution is -2.33. The van der Waals surface area contributed by atoms with E-state index in [1.54, 1.807) is 29.9 Å². The van der Waals surface area contributed by atoms with Crippen LogP contribution in [-0.4, -0.2) is 48.7 Å². The van der Waals surface area contributed by atoms with Crippen LogP contribution in [-0.2, 0) is 0 Å². The molecule has 0 aliphatic rings. The minimum atomic E-state index is -0.127. The smallest absolute Gasteiger partial charge is 0.266 e. The summed E-state index contributed by atoms with van der Waals surface area (Å²) < 4.78 is 6.89. The lowest BCUT2D eigenvalue weighted by atomic mass is 10.2. The van der Waals surface area contributed by atoms with E-state index in [0.717, 1.165) is 24.5 Å². The average molecular weight is 401 g/mol. The highest BCUT2D eigenvalue weighted by Gasteiger charge is 2.18. The van der Waals surface area contributed by atoms with Gasteiger partial charge in [0.15, 0.2) is 0 Å². The van der Waals surface area contributed by atoms with E-state index in [9.17, 15) is 4.79 Å². The van der Waals surface area contributed by atoms with E-state index in [1.165, 1.54) is 0 Å². The summed E-state index contributed by atoms with van der Waals surface area (Å²) in [4.78, 5) is 20.2. The second-order valence-corrected chi connectivity index (χ2v) is 7.39. The first kappa shape index (κ1) is 20.3. The third-order valence-electron chi connectivity index (χ3n) is 4.58. The molecule has 6 nitrogen and oxygen atoms in total. The van der Waals surface area contributed by atoms with E-state index in [0.29, 0.717) is 21.7 Å². The number of aromatic nitrogens is 2. The van der Waals surface area contributed by atoms with Crippen molar-refractivity contribution in [1.82, 2.24) is 19.8 Å². The molecule has 0 aliphatic heterocycles. The second kappa shape index (κ2) is 8.73. The summed E-state index contributed by atoms with van der Waals surface area (Å²) in [5.74, 6) is 1.37. The van der Waals surface area contributed by atoms with Crippen molar-refractivity contribution in [3.63, 3.8) is 0 Å². The van der Waals surface area contributed by atoms with Gasteiger partial charge in [-0.3, -0.25) is 9.36 Å². The van der Waals surface area contributed by atoms with Crippen molar-refractivity contribution in [2.75, 3.05) is 34.3 Å². The highest BCUT2D eigenvalue weighted by Crippen LogP contribution is 2.22. The van der Waals surface area contributed by atoms with Crippen LogP contribution in [0.5, 0.6) is 5.75 Å². The summed E-state index contributed by atoms with van der Waals surface area (Å²) in [5.41, 5.74) is 1.22. The molecule has 0 fully saturated rings. The molecule has 1 heterocycles. The fraction of sp³-hybridized carbons (Fsp3) is 0.333. The molecule has 1 aromatic heterocycles. The van der Waals surface area contributed by atoms with Gasteiger partial charge in [-0.2, -0.15) is 0 Å². The second-order valence-electron chi connectivity index (χ2n) is 6.95. The van der Waals surface area contributed by atoms with Gasteiger partial charge < -0.3 is 15.0 Å². The number of fused-ring (bicyclic) bond motifs is 1. The van der Waals surface area contributed by atoms with Gasteiger partial charge in [-0.15, -0.1) is 0 Å². The summed E-state index contributed by atoms with van der Waals surface area (Å²) in [6, 6.07) is 12.4. The zero-order valence-electron chi connectivity index (χ0n) is 16.6. The Labute approximate surface area is 169 Å². The van der Waals surface area contributed by atoms with Crippen molar-refractivity contribution in [2.24, 2.45) is 0 Å². The average Bonchev–Trinajstić information content (AvgIpc) is 2.67. The third-order valence-corrected chi connectivity index (χ3v) is 4.82. The highest BCUT2D eigenvalue weighted by atomic mass is 35.5. The Kier molecular flexibility index (Phi) is 6.34. The number of methoxy groups -OCH3 is 1. The molecule has 1 atom stereocenters. The topological polar surface area (TPSA) is 59.4 Å². The van der Waals surface area contributed by atoms with Crippen LogP contribution < -0.4 is 15.6 Å². The van der Waals surface area contributed by atoms with Crippen LogP contribution in [0.25, 0.3) is 16.6 Å². The maximum atomic E-state index is 13.3. The third kappa shape index (κ3) is 4.35. The number of hydrogen-bond acceptors (Lipinski definition) is 5. The van der Waals surface area contributed by atoms with Crippen LogP contribution in [0, 0.1) is 0 Å². The van der Waals surface area contributed by atoms with Gasteiger partial charge in [0.25, 0.3) is 5.56 Å². The predicted molar refractivity (Wildman–Crippen MR) is 114 cm³/mol. The van der Waals surface area contributed by atoms with Crippen LogP contribution in [0.1, 0.15) is 18.8 Å². The van der Waals surface area contributed by atoms with E-state index in [1.807, 2.05) is 45.3 Å². The van der Waals surface area contributed by atoms with Crippen molar-refractivity contribution in [3.05, 3.63) is 63.7 Å². The number of benzene rings is 2. The Morgan fingerprint density at radius 1 is 1.21 bits per heavy atom. The van der Waals surface area contributed by atoms with Gasteiger partial charge in [0.05, 0.1) is 29.7 Å². The molecule has 0 aliphatic carbocycles. The van der Waals surface area contributed by atoms with Crippen molar-refractivity contribution < 1.29 is 4.74 Å². The van der Waals surface area contributed by atoms with Gasteiger partial charge in [0.2, 0.25) is 0 Å². The Morgan fingerprint density at radius 3 is 2.57 bits per heavy atom. The standard InChI is InChI=1S/C21H25ClN4O2/c1-14(23-11-12-25(2)3)20-24-19-13-15(22)5-10-18(19)21(27)26(20)16-6-8-17(28-4)9-7-16/h5-10,13-14,23H,11-12H2,1-4H3/t14-/m0/s1. The number of nitrogens with zero attached hydrogens (tertiary/aromatic N) is 3. The molecule has 0 unspecified atom stereocenters. The van der Waals surface area contributed by atoms with E-state index in [-0.39, 0.29) is 11.6 Å². The molecule has 0 amide bonds. The lowest BCUT2D eigenvalue weighted by Gasteiger charge is -2.21. The predicted octanol–water partition coefficient (Wildman–Crippen LogP) is 3.26. The summed E-state index contributed by atoms with van der Waals surface area (Å²) >= 11 is 6.13. The Bertz CT molecular complexity index is 1020. The number of halogens is 1. The zero-order chi connectivity index (χ0) is 20.3. The molecule has 0 radical (unpaired) electrons. The molecule has 7 heteroatoms. The molecular formula is C21H25ClN4O2. The first-order valence-electron chi connectivity index (χ1n) is 9.15. The Morgan fingerprint density at radius 2 is 1.93 bits per heavy atom. The fourth-order valence-electron chi connectivity index (χ4n) is 3.04. The number of rotatable bonds is 7. The van der Waals surface area contributed by atoms with Crippen LogP contribution in [0.3, 0.4) is 0 Å². The summed E-state index contributed by atoms with van der Waals surface area (Å²) in [6.45, 7) is 3.67. The van der Waals surface area contributed by atoms with Crippen LogP contribution in [0.15, 0.2) is 47.3 Å². The quantitative estimate of drug-likeness (QED) is 0.659. The molecule has 1 N–H and O–H groups in total. The van der Waals surface area contributed by atoms with Gasteiger partial charge >= 0.3 is 0 Å². The summed E-state index contributed by atoms with van der Waals surface area (Å²) in [5, 5.41) is 4.54. The Hall–Kier alpha value is -2.41. The Balaban J connectivity index is 2.13. The minimum Gasteiger partial charge on any atom is -0.497 e. The van der Waals surface area contributed by atoms with Crippen LogP contribution in [0.4, 0.5) is 0 Å². The normalized spacial score (nSPS) is 12.5. The molecule has 0 spiro atoms. The van der Waals surface area contributed by atoms with Crippen LogP contribution in [0.2, 0.25) is 5.02 Å². The molecule has 3 aromatic rings. The SMILES string of the molecule is COc1ccc(-n2c([C@H](C)NCCN(C)C)nc3cc(Cl)ccc3c2=O)cc1. The van der Waals surface area contributed by atoms with Gasteiger partial charge in [-0.25, -0.2) is 4.98 Å². The maximum Gasteiger partial charge on any atom is 0.266 e. The van der Waals surface area contributed by atoms with E-state index in [4.69, 9.17) is 21.3 Å². The van der Waals surface area contributed by atoms with Gasteiger partial charge in [-0.05, 0) is 63.5 Å². The summed E-state index contributed by atoms with van der Waals surface area (Å²) in [7, 11) is 5.66. The maximum absolute atomic E-state index is 13.3. The lowest BCUT2D eigenvalue weighted by molar-refractivity contribution is 0.385. The molecule has 28 heavy (non-hydrogen) atoms. The van der Waals surface area contributed by atoms with E-state index >= 15 is 0 Å². The van der Waals surface area contributed by atoms with Gasteiger partial charge in [0.1, 0.15) is 11.6 Å². The van der Waals surface area contributed by atoms with E-state index < -0.39 is 0 Å². The van der Waals surface area contributed by atoms with Crippen molar-refractivity contribution in [3.8, 4) is 11.4 Å². The number of ether oxygens (including phenoxy) is 1. The number of hydrogen-bond donors (Lipinski definition) is 1. The molecule has 0 bridgehead atoms. The first-order chi connectivity index (χ1) is 13.4. The zero-order valence-corrected chi connectivity index (χ0v) is 17.3. The van der Waals surface area contributed by atoms with Crippen molar-refractivity contribution in [2.45, 2.75) is 13.0 Å². The van der Waals surface area contributed by atoms with Crippen LogP contribution >= 0.6 is 11.6 Å². The minimum absolute atomic E-state index is 0.122. The molecule has 2 aromatic carbocycles.